The van der Waals surface area contributed by atoms with Crippen LogP contribution in [0.4, 0.5) is 0 Å². The summed E-state index contributed by atoms with van der Waals surface area (Å²) in [5.41, 5.74) is 2.08. The molecular weight excluding hydrogens is 734 g/mol. The number of aromatic nitrogens is 1. The highest BCUT2D eigenvalue weighted by atomic mass is 127. The summed E-state index contributed by atoms with van der Waals surface area (Å²) >= 11 is 5.58. The number of methoxy groups -OCH3 is 1. The van der Waals surface area contributed by atoms with E-state index in [2.05, 4.69) is 45.2 Å². The van der Waals surface area contributed by atoms with Crippen molar-refractivity contribution >= 4 is 74.5 Å². The second kappa shape index (κ2) is 12.6. The van der Waals surface area contributed by atoms with Crippen LogP contribution in [0.1, 0.15) is 37.4 Å². The fourth-order valence-corrected chi connectivity index (χ4v) is 7.19. The first-order valence-corrected chi connectivity index (χ1v) is 14.7. The zero-order valence-corrected chi connectivity index (χ0v) is 26.0. The van der Waals surface area contributed by atoms with Gasteiger partial charge in [0.05, 0.1) is 39.1 Å². The van der Waals surface area contributed by atoms with Crippen molar-refractivity contribution < 1.29 is 23.8 Å². The van der Waals surface area contributed by atoms with Gasteiger partial charge < -0.3 is 14.2 Å². The van der Waals surface area contributed by atoms with Crippen LogP contribution in [0.2, 0.25) is 0 Å². The van der Waals surface area contributed by atoms with Gasteiger partial charge in [0.15, 0.2) is 11.4 Å². The summed E-state index contributed by atoms with van der Waals surface area (Å²) < 4.78 is 19.6. The van der Waals surface area contributed by atoms with Crippen LogP contribution < -0.4 is 19.6 Å². The molecule has 198 valence electrons. The summed E-state index contributed by atoms with van der Waals surface area (Å²) in [5, 5.41) is 0. The lowest BCUT2D eigenvalue weighted by molar-refractivity contribution is -0.145. The van der Waals surface area contributed by atoms with Crippen molar-refractivity contribution in [3.05, 3.63) is 91.7 Å². The number of carbonyl (C=O) groups is 2. The molecule has 1 aliphatic heterocycles. The SMILES string of the molecule is CCOC(=O)COc1c(I)cc(I)cc1/C=c1/sc2n(c1=O)[C@H](c1ccccc1)C(C(=O)OC)=C(CC)N=2. The predicted molar refractivity (Wildman–Crippen MR) is 161 cm³/mol. The van der Waals surface area contributed by atoms with Crippen molar-refractivity contribution in [2.24, 2.45) is 4.99 Å². The van der Waals surface area contributed by atoms with Crippen molar-refractivity contribution in [3.8, 4) is 5.75 Å². The third kappa shape index (κ3) is 5.88. The number of nitrogens with zero attached hydrogens (tertiary/aromatic N) is 2. The molecule has 0 radical (unpaired) electrons. The van der Waals surface area contributed by atoms with E-state index in [4.69, 9.17) is 19.2 Å². The molecule has 0 spiro atoms. The number of rotatable bonds is 8. The van der Waals surface area contributed by atoms with Crippen LogP contribution in [0.5, 0.6) is 5.75 Å². The summed E-state index contributed by atoms with van der Waals surface area (Å²) in [6.45, 7) is 3.66. The Balaban J connectivity index is 1.91. The molecule has 0 aliphatic carbocycles. The van der Waals surface area contributed by atoms with Gasteiger partial charge >= 0.3 is 11.9 Å². The molecule has 4 rings (SSSR count). The van der Waals surface area contributed by atoms with Gasteiger partial charge in [0.1, 0.15) is 5.75 Å². The molecule has 2 heterocycles. The third-order valence-electron chi connectivity index (χ3n) is 5.73. The minimum atomic E-state index is -0.674. The Morgan fingerprint density at radius 2 is 1.89 bits per heavy atom. The number of allylic oxidation sites excluding steroid dienone is 1. The Hall–Kier alpha value is -2.52. The molecule has 1 atom stereocenters. The number of esters is 2. The minimum absolute atomic E-state index is 0.247. The molecule has 1 aliphatic rings. The summed E-state index contributed by atoms with van der Waals surface area (Å²) in [6, 6.07) is 12.5. The van der Waals surface area contributed by atoms with Gasteiger partial charge in [0.25, 0.3) is 5.56 Å². The topological polar surface area (TPSA) is 96.2 Å². The zero-order chi connectivity index (χ0) is 27.4. The number of ether oxygens (including phenoxy) is 3. The van der Waals surface area contributed by atoms with Crippen LogP contribution in [0.15, 0.2) is 63.5 Å². The molecule has 2 aromatic carbocycles. The Bertz CT molecular complexity index is 1590. The van der Waals surface area contributed by atoms with Crippen LogP contribution in [0, 0.1) is 7.14 Å². The Morgan fingerprint density at radius 1 is 1.16 bits per heavy atom. The lowest BCUT2D eigenvalue weighted by atomic mass is 9.95. The largest absolute Gasteiger partial charge is 0.480 e. The lowest BCUT2D eigenvalue weighted by Gasteiger charge is -2.25. The van der Waals surface area contributed by atoms with E-state index in [1.165, 1.54) is 18.4 Å². The van der Waals surface area contributed by atoms with E-state index < -0.39 is 18.0 Å². The lowest BCUT2D eigenvalue weighted by Crippen LogP contribution is -2.40. The summed E-state index contributed by atoms with van der Waals surface area (Å²) in [5.74, 6) is -0.512. The van der Waals surface area contributed by atoms with Gasteiger partial charge in [-0.25, -0.2) is 14.6 Å². The van der Waals surface area contributed by atoms with E-state index in [-0.39, 0.29) is 18.8 Å². The maximum atomic E-state index is 13.9. The van der Waals surface area contributed by atoms with E-state index in [1.54, 1.807) is 17.6 Å². The highest BCUT2D eigenvalue weighted by Crippen LogP contribution is 2.32. The molecule has 1 aromatic heterocycles. The number of hydrogen-bond acceptors (Lipinski definition) is 8. The van der Waals surface area contributed by atoms with E-state index in [0.29, 0.717) is 38.3 Å². The van der Waals surface area contributed by atoms with E-state index in [1.807, 2.05) is 49.4 Å². The molecule has 0 unspecified atom stereocenters. The number of halogens is 2. The first-order chi connectivity index (χ1) is 18.3. The van der Waals surface area contributed by atoms with Crippen molar-refractivity contribution in [1.29, 1.82) is 0 Å². The van der Waals surface area contributed by atoms with Crippen LogP contribution in [-0.2, 0) is 19.1 Å². The highest BCUT2D eigenvalue weighted by Gasteiger charge is 2.33. The zero-order valence-electron chi connectivity index (χ0n) is 20.8. The standard InChI is InChI=1S/C27H24I2N2O6S/c1-4-19-22(26(34)35-3)23(15-9-7-6-8-10-15)31-25(33)20(38-27(31)30-19)12-16-11-17(28)13-18(29)24(16)37-14-21(32)36-5-2/h6-13,23H,4-5,14H2,1-3H3/b20-12+/t23-/m1/s1. The molecule has 0 saturated heterocycles. The molecule has 0 N–H and O–H groups in total. The van der Waals surface area contributed by atoms with Crippen molar-refractivity contribution in [2.75, 3.05) is 20.3 Å². The smallest absolute Gasteiger partial charge is 0.344 e. The Kier molecular flexibility index (Phi) is 9.41. The molecule has 3 aromatic rings. The maximum Gasteiger partial charge on any atom is 0.344 e. The predicted octanol–water partition coefficient (Wildman–Crippen LogP) is 3.95. The van der Waals surface area contributed by atoms with Gasteiger partial charge in [0.2, 0.25) is 0 Å². The Labute approximate surface area is 250 Å². The van der Waals surface area contributed by atoms with Gasteiger partial charge in [-0.15, -0.1) is 0 Å². The maximum absolute atomic E-state index is 13.9. The summed E-state index contributed by atoms with van der Waals surface area (Å²) in [6.07, 6.45) is 2.24. The third-order valence-corrected chi connectivity index (χ3v) is 8.14. The average Bonchev–Trinajstić information content (AvgIpc) is 3.21. The van der Waals surface area contributed by atoms with Gasteiger partial charge in [-0.3, -0.25) is 9.36 Å². The monoisotopic (exact) mass is 758 g/mol. The molecule has 0 amide bonds. The fourth-order valence-electron chi connectivity index (χ4n) is 4.13. The summed E-state index contributed by atoms with van der Waals surface area (Å²) in [4.78, 5) is 43.9. The van der Waals surface area contributed by atoms with Gasteiger partial charge in [-0.05, 0) is 82.3 Å². The minimum Gasteiger partial charge on any atom is -0.480 e. The molecule has 0 fully saturated rings. The summed E-state index contributed by atoms with van der Waals surface area (Å²) in [7, 11) is 1.33. The quantitative estimate of drug-likeness (QED) is 0.255. The molecule has 11 heteroatoms. The second-order valence-electron chi connectivity index (χ2n) is 8.10. The molecule has 0 saturated carbocycles. The number of thiazole rings is 1. The normalized spacial score (nSPS) is 15.1. The number of fused-ring (bicyclic) bond motifs is 1. The van der Waals surface area contributed by atoms with Gasteiger partial charge in [-0.2, -0.15) is 0 Å². The van der Waals surface area contributed by atoms with Crippen LogP contribution in [0.3, 0.4) is 0 Å². The van der Waals surface area contributed by atoms with Crippen LogP contribution >= 0.6 is 56.5 Å². The van der Waals surface area contributed by atoms with E-state index in [9.17, 15) is 14.4 Å². The van der Waals surface area contributed by atoms with Gasteiger partial charge in [0, 0.05) is 9.13 Å². The molecule has 8 nitrogen and oxygen atoms in total. The van der Waals surface area contributed by atoms with Gasteiger partial charge in [-0.1, -0.05) is 48.6 Å². The number of benzene rings is 2. The number of carbonyl (C=O) groups excluding carboxylic acids is 2. The first kappa shape index (κ1) is 28.5. The molecular formula is C27H24I2N2O6S. The second-order valence-corrected chi connectivity index (χ2v) is 11.5. The first-order valence-electron chi connectivity index (χ1n) is 11.7. The van der Waals surface area contributed by atoms with Crippen LogP contribution in [0.25, 0.3) is 6.08 Å². The number of hydrogen-bond donors (Lipinski definition) is 0. The van der Waals surface area contributed by atoms with Crippen molar-refractivity contribution in [1.82, 2.24) is 4.57 Å². The average molecular weight is 758 g/mol. The van der Waals surface area contributed by atoms with E-state index >= 15 is 0 Å². The van der Waals surface area contributed by atoms with Crippen molar-refractivity contribution in [3.63, 3.8) is 0 Å². The van der Waals surface area contributed by atoms with Crippen LogP contribution in [-0.4, -0.2) is 36.8 Å². The van der Waals surface area contributed by atoms with Crippen molar-refractivity contribution in [2.45, 2.75) is 26.3 Å². The Morgan fingerprint density at radius 3 is 2.55 bits per heavy atom. The fraction of sp³-hybridized carbons (Fsp3) is 0.259. The van der Waals surface area contributed by atoms with E-state index in [0.717, 1.165) is 12.7 Å². The molecule has 38 heavy (non-hydrogen) atoms. The molecule has 0 bridgehead atoms. The highest BCUT2D eigenvalue weighted by molar-refractivity contribution is 14.1.